The van der Waals surface area contributed by atoms with Crippen LogP contribution in [0.25, 0.3) is 10.2 Å². The number of hydrogen-bond acceptors (Lipinski definition) is 4. The predicted molar refractivity (Wildman–Crippen MR) is 80.9 cm³/mol. The number of anilines is 1. The molecule has 1 N–H and O–H groups in total. The number of hydrogen-bond donors (Lipinski definition) is 1. The van der Waals surface area contributed by atoms with Gasteiger partial charge in [0, 0.05) is 6.04 Å². The van der Waals surface area contributed by atoms with Crippen LogP contribution >= 0.6 is 22.9 Å². The molecular formula is C14H12ClN3S. The fourth-order valence-corrected chi connectivity index (χ4v) is 2.92. The molecule has 1 atom stereocenters. The van der Waals surface area contributed by atoms with Crippen LogP contribution in [0.15, 0.2) is 41.8 Å². The third-order valence-electron chi connectivity index (χ3n) is 2.93. The number of thiophene rings is 1. The Balaban J connectivity index is 1.95. The Bertz CT molecular complexity index is 696. The van der Waals surface area contributed by atoms with Crippen molar-refractivity contribution in [3.8, 4) is 0 Å². The van der Waals surface area contributed by atoms with E-state index >= 15 is 0 Å². The summed E-state index contributed by atoms with van der Waals surface area (Å²) in [5, 5.41) is 5.67. The van der Waals surface area contributed by atoms with Crippen LogP contribution in [0, 0.1) is 0 Å². The van der Waals surface area contributed by atoms with Gasteiger partial charge >= 0.3 is 0 Å². The topological polar surface area (TPSA) is 37.8 Å². The summed E-state index contributed by atoms with van der Waals surface area (Å²) in [5.41, 5.74) is 2.09. The normalized spacial score (nSPS) is 12.5. The van der Waals surface area contributed by atoms with Gasteiger partial charge in [-0.3, -0.25) is 0 Å². The molecule has 1 unspecified atom stereocenters. The maximum absolute atomic E-state index is 5.95. The van der Waals surface area contributed by atoms with Gasteiger partial charge in [0.25, 0.3) is 0 Å². The second kappa shape index (κ2) is 5.15. The number of halogens is 1. The van der Waals surface area contributed by atoms with Gasteiger partial charge in [-0.2, -0.15) is 4.98 Å². The number of fused-ring (bicyclic) bond motifs is 1. The molecule has 3 nitrogen and oxygen atoms in total. The second-order valence-corrected chi connectivity index (χ2v) is 5.51. The smallest absolute Gasteiger partial charge is 0.224 e. The van der Waals surface area contributed by atoms with Crippen LogP contribution in [0.4, 0.5) is 5.82 Å². The lowest BCUT2D eigenvalue weighted by atomic mass is 10.1. The molecule has 5 heteroatoms. The molecule has 0 spiro atoms. The standard InChI is InChI=1S/C14H12ClN3S/c1-9(10-5-3-2-4-6-10)16-13-12-11(7-8-19-12)17-14(15)18-13/h2-9H,1H3,(H,16,17,18). The average molecular weight is 290 g/mol. The van der Waals surface area contributed by atoms with Gasteiger partial charge in [-0.25, -0.2) is 4.98 Å². The Hall–Kier alpha value is -1.65. The summed E-state index contributed by atoms with van der Waals surface area (Å²) in [6.07, 6.45) is 0. The summed E-state index contributed by atoms with van der Waals surface area (Å²) < 4.78 is 1.03. The first-order valence-electron chi connectivity index (χ1n) is 5.96. The average Bonchev–Trinajstić information content (AvgIpc) is 2.88. The Morgan fingerprint density at radius 1 is 1.16 bits per heavy atom. The summed E-state index contributed by atoms with van der Waals surface area (Å²) in [6, 6.07) is 12.4. The maximum Gasteiger partial charge on any atom is 0.224 e. The van der Waals surface area contributed by atoms with E-state index in [1.54, 1.807) is 11.3 Å². The highest BCUT2D eigenvalue weighted by molar-refractivity contribution is 7.17. The van der Waals surface area contributed by atoms with Crippen molar-refractivity contribution >= 4 is 39.0 Å². The molecule has 0 aliphatic rings. The summed E-state index contributed by atoms with van der Waals surface area (Å²) in [7, 11) is 0. The molecule has 2 aromatic heterocycles. The van der Waals surface area contributed by atoms with E-state index in [0.29, 0.717) is 0 Å². The van der Waals surface area contributed by atoms with Crippen molar-refractivity contribution in [1.29, 1.82) is 0 Å². The zero-order valence-corrected chi connectivity index (χ0v) is 11.9. The fourth-order valence-electron chi connectivity index (χ4n) is 1.96. The minimum atomic E-state index is 0.164. The van der Waals surface area contributed by atoms with Crippen molar-refractivity contribution in [3.05, 3.63) is 52.6 Å². The zero-order chi connectivity index (χ0) is 13.2. The van der Waals surface area contributed by atoms with Crippen LogP contribution in [0.1, 0.15) is 18.5 Å². The number of nitrogens with one attached hydrogen (secondary N) is 1. The molecular weight excluding hydrogens is 278 g/mol. The minimum absolute atomic E-state index is 0.164. The van der Waals surface area contributed by atoms with E-state index in [-0.39, 0.29) is 11.3 Å². The monoisotopic (exact) mass is 289 g/mol. The van der Waals surface area contributed by atoms with Crippen molar-refractivity contribution in [2.45, 2.75) is 13.0 Å². The number of nitrogens with zero attached hydrogens (tertiary/aromatic N) is 2. The zero-order valence-electron chi connectivity index (χ0n) is 10.3. The lowest BCUT2D eigenvalue weighted by Crippen LogP contribution is -2.08. The van der Waals surface area contributed by atoms with E-state index in [2.05, 4.69) is 34.3 Å². The highest BCUT2D eigenvalue weighted by Crippen LogP contribution is 2.29. The maximum atomic E-state index is 5.95. The molecule has 0 fully saturated rings. The van der Waals surface area contributed by atoms with Crippen molar-refractivity contribution < 1.29 is 0 Å². The molecule has 0 radical (unpaired) electrons. The highest BCUT2D eigenvalue weighted by Gasteiger charge is 2.11. The first-order valence-corrected chi connectivity index (χ1v) is 7.22. The molecule has 3 aromatic rings. The van der Waals surface area contributed by atoms with Gasteiger partial charge in [-0.1, -0.05) is 30.3 Å². The van der Waals surface area contributed by atoms with E-state index < -0.39 is 0 Å². The minimum Gasteiger partial charge on any atom is -0.362 e. The molecule has 0 saturated heterocycles. The Morgan fingerprint density at radius 2 is 1.95 bits per heavy atom. The molecule has 2 heterocycles. The predicted octanol–water partition coefficient (Wildman–Crippen LogP) is 4.52. The highest BCUT2D eigenvalue weighted by atomic mass is 35.5. The SMILES string of the molecule is CC(Nc1nc(Cl)nc2ccsc12)c1ccccc1. The lowest BCUT2D eigenvalue weighted by molar-refractivity contribution is 0.876. The summed E-state index contributed by atoms with van der Waals surface area (Å²) >= 11 is 7.57. The summed E-state index contributed by atoms with van der Waals surface area (Å²) in [4.78, 5) is 8.49. The molecule has 19 heavy (non-hydrogen) atoms. The van der Waals surface area contributed by atoms with Crippen molar-refractivity contribution in [2.75, 3.05) is 5.32 Å². The van der Waals surface area contributed by atoms with Crippen LogP contribution in [-0.4, -0.2) is 9.97 Å². The van der Waals surface area contributed by atoms with Gasteiger partial charge in [-0.05, 0) is 35.5 Å². The van der Waals surface area contributed by atoms with Crippen LogP contribution < -0.4 is 5.32 Å². The van der Waals surface area contributed by atoms with E-state index in [1.165, 1.54) is 5.56 Å². The Morgan fingerprint density at radius 3 is 2.74 bits per heavy atom. The lowest BCUT2D eigenvalue weighted by Gasteiger charge is -2.15. The molecule has 0 aliphatic carbocycles. The van der Waals surface area contributed by atoms with Gasteiger partial charge in [0.1, 0.15) is 5.82 Å². The largest absolute Gasteiger partial charge is 0.362 e. The molecule has 0 saturated carbocycles. The van der Waals surface area contributed by atoms with Crippen molar-refractivity contribution in [3.63, 3.8) is 0 Å². The van der Waals surface area contributed by atoms with Gasteiger partial charge < -0.3 is 5.32 Å². The van der Waals surface area contributed by atoms with Gasteiger partial charge in [0.15, 0.2) is 0 Å². The second-order valence-electron chi connectivity index (χ2n) is 4.25. The summed E-state index contributed by atoms with van der Waals surface area (Å²) in [6.45, 7) is 2.10. The van der Waals surface area contributed by atoms with Crippen LogP contribution in [0.2, 0.25) is 5.28 Å². The third-order valence-corrected chi connectivity index (χ3v) is 4.01. The third kappa shape index (κ3) is 2.55. The van der Waals surface area contributed by atoms with E-state index in [0.717, 1.165) is 16.0 Å². The molecule has 96 valence electrons. The molecule has 1 aromatic carbocycles. The van der Waals surface area contributed by atoms with E-state index in [1.807, 2.05) is 29.6 Å². The quantitative estimate of drug-likeness (QED) is 0.721. The molecule has 0 bridgehead atoms. The number of benzene rings is 1. The Labute approximate surface area is 120 Å². The van der Waals surface area contributed by atoms with Crippen molar-refractivity contribution in [1.82, 2.24) is 9.97 Å². The molecule has 0 aliphatic heterocycles. The van der Waals surface area contributed by atoms with Crippen LogP contribution in [-0.2, 0) is 0 Å². The van der Waals surface area contributed by atoms with Gasteiger partial charge in [-0.15, -0.1) is 11.3 Å². The van der Waals surface area contributed by atoms with Crippen molar-refractivity contribution in [2.24, 2.45) is 0 Å². The van der Waals surface area contributed by atoms with Gasteiger partial charge in [0.05, 0.1) is 10.2 Å². The first-order chi connectivity index (χ1) is 9.24. The van der Waals surface area contributed by atoms with Gasteiger partial charge in [0.2, 0.25) is 5.28 Å². The van der Waals surface area contributed by atoms with Crippen LogP contribution in [0.3, 0.4) is 0 Å². The summed E-state index contributed by atoms with van der Waals surface area (Å²) in [5.74, 6) is 0.793. The van der Waals surface area contributed by atoms with Crippen LogP contribution in [0.5, 0.6) is 0 Å². The molecule has 3 rings (SSSR count). The first kappa shape index (κ1) is 12.4. The Kier molecular flexibility index (Phi) is 3.36. The van der Waals surface area contributed by atoms with E-state index in [9.17, 15) is 0 Å². The number of rotatable bonds is 3. The van der Waals surface area contributed by atoms with E-state index in [4.69, 9.17) is 11.6 Å². The molecule has 0 amide bonds. The number of aromatic nitrogens is 2. The fraction of sp³-hybridized carbons (Fsp3) is 0.143.